The van der Waals surface area contributed by atoms with Gasteiger partial charge in [-0.3, -0.25) is 4.79 Å². The Balaban J connectivity index is 1.86. The summed E-state index contributed by atoms with van der Waals surface area (Å²) in [5.74, 6) is -1.78. The van der Waals surface area contributed by atoms with Gasteiger partial charge in [-0.2, -0.15) is 0 Å². The average molecular weight is 335 g/mol. The summed E-state index contributed by atoms with van der Waals surface area (Å²) in [6.07, 6.45) is 0.978. The van der Waals surface area contributed by atoms with Gasteiger partial charge < -0.3 is 5.32 Å². The molecule has 0 radical (unpaired) electrons. The topological polar surface area (TPSA) is 29.1 Å². The van der Waals surface area contributed by atoms with Crippen molar-refractivity contribution in [1.29, 1.82) is 0 Å². The zero-order chi connectivity index (χ0) is 16.8. The first-order valence-corrected chi connectivity index (χ1v) is 8.44. The van der Waals surface area contributed by atoms with Crippen LogP contribution in [-0.4, -0.2) is 11.7 Å². The van der Waals surface area contributed by atoms with E-state index in [-0.39, 0.29) is 17.7 Å². The number of amides is 1. The summed E-state index contributed by atoms with van der Waals surface area (Å²) in [5, 5.41) is 2.90. The molecular weight excluding hydrogens is 316 g/mol. The number of nitrogens with one attached hydrogen (secondary N) is 1. The summed E-state index contributed by atoms with van der Waals surface area (Å²) >= 11 is 1.18. The van der Waals surface area contributed by atoms with Crippen LogP contribution in [0.5, 0.6) is 0 Å². The Kier molecular flexibility index (Phi) is 6.16. The monoisotopic (exact) mass is 335 g/mol. The Bertz CT molecular complexity index is 673. The van der Waals surface area contributed by atoms with Gasteiger partial charge in [0.15, 0.2) is 11.6 Å². The molecule has 0 aromatic heterocycles. The smallest absolute Gasteiger partial charge is 0.230 e. The Morgan fingerprint density at radius 3 is 2.43 bits per heavy atom. The molecule has 0 saturated carbocycles. The fourth-order valence-electron chi connectivity index (χ4n) is 2.12. The van der Waals surface area contributed by atoms with E-state index in [0.717, 1.165) is 24.1 Å². The maximum absolute atomic E-state index is 13.1. The van der Waals surface area contributed by atoms with Crippen molar-refractivity contribution in [3.8, 4) is 0 Å². The van der Waals surface area contributed by atoms with Crippen molar-refractivity contribution in [2.24, 2.45) is 0 Å². The molecule has 2 rings (SSSR count). The first-order valence-electron chi connectivity index (χ1n) is 7.45. The zero-order valence-corrected chi connectivity index (χ0v) is 13.9. The summed E-state index contributed by atoms with van der Waals surface area (Å²) in [6.45, 7) is 4.01. The molecule has 0 aliphatic heterocycles. The Morgan fingerprint density at radius 1 is 1.13 bits per heavy atom. The molecule has 23 heavy (non-hydrogen) atoms. The molecular formula is C18H19F2NOS. The van der Waals surface area contributed by atoms with E-state index in [1.54, 1.807) is 0 Å². The SMILES string of the molecule is CCc1ccc(C(C)NC(=O)CSc2ccc(F)c(F)c2)cc1. The van der Waals surface area contributed by atoms with Crippen LogP contribution < -0.4 is 5.32 Å². The van der Waals surface area contributed by atoms with Gasteiger partial charge in [-0.1, -0.05) is 31.2 Å². The van der Waals surface area contributed by atoms with Crippen LogP contribution in [0.1, 0.15) is 31.0 Å². The third kappa shape index (κ3) is 5.06. The van der Waals surface area contributed by atoms with Gasteiger partial charge in [-0.15, -0.1) is 11.8 Å². The molecule has 0 spiro atoms. The largest absolute Gasteiger partial charge is 0.349 e. The van der Waals surface area contributed by atoms with Crippen molar-refractivity contribution >= 4 is 17.7 Å². The van der Waals surface area contributed by atoms with Crippen LogP contribution in [0.15, 0.2) is 47.4 Å². The van der Waals surface area contributed by atoms with Gasteiger partial charge in [0, 0.05) is 4.90 Å². The van der Waals surface area contributed by atoms with Gasteiger partial charge in [0.1, 0.15) is 0 Å². The molecule has 1 unspecified atom stereocenters. The molecule has 0 aliphatic rings. The van der Waals surface area contributed by atoms with E-state index in [1.807, 2.05) is 31.2 Å². The Hall–Kier alpha value is -1.88. The lowest BCUT2D eigenvalue weighted by Crippen LogP contribution is -2.28. The van der Waals surface area contributed by atoms with Crippen LogP contribution in [0.4, 0.5) is 8.78 Å². The number of carbonyl (C=O) groups excluding carboxylic acids is 1. The third-order valence-electron chi connectivity index (χ3n) is 3.53. The summed E-state index contributed by atoms with van der Waals surface area (Å²) < 4.78 is 26.0. The highest BCUT2D eigenvalue weighted by atomic mass is 32.2. The number of aryl methyl sites for hydroxylation is 1. The van der Waals surface area contributed by atoms with Gasteiger partial charge in [0.25, 0.3) is 0 Å². The Labute approximate surface area is 139 Å². The van der Waals surface area contributed by atoms with Crippen molar-refractivity contribution < 1.29 is 13.6 Å². The standard InChI is InChI=1S/C18H19F2NOS/c1-3-13-4-6-14(7-5-13)12(2)21-18(22)11-23-15-8-9-16(19)17(20)10-15/h4-10,12H,3,11H2,1-2H3,(H,21,22). The molecule has 0 bridgehead atoms. The molecule has 5 heteroatoms. The summed E-state index contributed by atoms with van der Waals surface area (Å²) in [5.41, 5.74) is 2.29. The minimum atomic E-state index is -0.903. The number of rotatable bonds is 6. The fourth-order valence-corrected chi connectivity index (χ4v) is 2.86. The van der Waals surface area contributed by atoms with Gasteiger partial charge >= 0.3 is 0 Å². The first-order chi connectivity index (χ1) is 11.0. The Morgan fingerprint density at radius 2 is 1.83 bits per heavy atom. The lowest BCUT2D eigenvalue weighted by atomic mass is 10.1. The molecule has 1 amide bonds. The second-order valence-corrected chi connectivity index (χ2v) is 6.30. The van der Waals surface area contributed by atoms with E-state index >= 15 is 0 Å². The predicted molar refractivity (Wildman–Crippen MR) is 89.5 cm³/mol. The highest BCUT2D eigenvalue weighted by Crippen LogP contribution is 2.21. The van der Waals surface area contributed by atoms with Gasteiger partial charge in [-0.05, 0) is 42.7 Å². The van der Waals surface area contributed by atoms with Crippen LogP contribution in [0.3, 0.4) is 0 Å². The zero-order valence-electron chi connectivity index (χ0n) is 13.1. The van der Waals surface area contributed by atoms with E-state index in [2.05, 4.69) is 12.2 Å². The van der Waals surface area contributed by atoms with Crippen LogP contribution >= 0.6 is 11.8 Å². The van der Waals surface area contributed by atoms with Crippen molar-refractivity contribution in [3.63, 3.8) is 0 Å². The number of carbonyl (C=O) groups is 1. The van der Waals surface area contributed by atoms with Crippen LogP contribution in [-0.2, 0) is 11.2 Å². The van der Waals surface area contributed by atoms with E-state index in [9.17, 15) is 13.6 Å². The van der Waals surface area contributed by atoms with E-state index in [4.69, 9.17) is 0 Å². The maximum atomic E-state index is 13.1. The molecule has 2 nitrogen and oxygen atoms in total. The third-order valence-corrected chi connectivity index (χ3v) is 4.52. The van der Waals surface area contributed by atoms with Crippen molar-refractivity contribution in [3.05, 3.63) is 65.2 Å². The van der Waals surface area contributed by atoms with E-state index < -0.39 is 11.6 Å². The van der Waals surface area contributed by atoms with Crippen molar-refractivity contribution in [2.75, 3.05) is 5.75 Å². The van der Waals surface area contributed by atoms with Crippen molar-refractivity contribution in [2.45, 2.75) is 31.2 Å². The van der Waals surface area contributed by atoms with Crippen LogP contribution in [0.25, 0.3) is 0 Å². The van der Waals surface area contributed by atoms with Gasteiger partial charge in [0.2, 0.25) is 5.91 Å². The van der Waals surface area contributed by atoms with E-state index in [0.29, 0.717) is 4.90 Å². The fraction of sp³-hybridized carbons (Fsp3) is 0.278. The minimum Gasteiger partial charge on any atom is -0.349 e. The second-order valence-electron chi connectivity index (χ2n) is 5.25. The molecule has 0 saturated heterocycles. The summed E-state index contributed by atoms with van der Waals surface area (Å²) in [4.78, 5) is 12.5. The quantitative estimate of drug-likeness (QED) is 0.788. The van der Waals surface area contributed by atoms with Gasteiger partial charge in [-0.25, -0.2) is 8.78 Å². The summed E-state index contributed by atoms with van der Waals surface area (Å²) in [6, 6.07) is 11.6. The number of hydrogen-bond donors (Lipinski definition) is 1. The second kappa shape index (κ2) is 8.11. The minimum absolute atomic E-state index is 0.0982. The lowest BCUT2D eigenvalue weighted by molar-refractivity contribution is -0.119. The number of thioether (sulfide) groups is 1. The number of halogens is 2. The molecule has 1 atom stereocenters. The van der Waals surface area contributed by atoms with E-state index in [1.165, 1.54) is 23.4 Å². The van der Waals surface area contributed by atoms with Crippen molar-refractivity contribution in [1.82, 2.24) is 5.32 Å². The maximum Gasteiger partial charge on any atom is 0.230 e. The molecule has 2 aromatic carbocycles. The molecule has 1 N–H and O–H groups in total. The first kappa shape index (κ1) is 17.5. The highest BCUT2D eigenvalue weighted by Gasteiger charge is 2.11. The van der Waals surface area contributed by atoms with Crippen LogP contribution in [0.2, 0.25) is 0 Å². The summed E-state index contributed by atoms with van der Waals surface area (Å²) in [7, 11) is 0. The van der Waals surface area contributed by atoms with Crippen LogP contribution in [0, 0.1) is 11.6 Å². The molecule has 2 aromatic rings. The average Bonchev–Trinajstić information content (AvgIpc) is 2.56. The molecule has 122 valence electrons. The number of benzene rings is 2. The highest BCUT2D eigenvalue weighted by molar-refractivity contribution is 8.00. The molecule has 0 aliphatic carbocycles. The normalized spacial score (nSPS) is 12.0. The number of hydrogen-bond acceptors (Lipinski definition) is 2. The predicted octanol–water partition coefficient (Wildman–Crippen LogP) is 4.50. The molecule has 0 heterocycles. The lowest BCUT2D eigenvalue weighted by Gasteiger charge is -2.14. The molecule has 0 fully saturated rings. The van der Waals surface area contributed by atoms with Gasteiger partial charge in [0.05, 0.1) is 11.8 Å².